The van der Waals surface area contributed by atoms with Crippen LogP contribution in [-0.4, -0.2) is 66.5 Å². The van der Waals surface area contributed by atoms with Gasteiger partial charge in [0.05, 0.1) is 12.7 Å². The van der Waals surface area contributed by atoms with Crippen molar-refractivity contribution >= 4 is 16.9 Å². The maximum Gasteiger partial charge on any atom is 0.256 e. The summed E-state index contributed by atoms with van der Waals surface area (Å²) in [6.45, 7) is 3.65. The molecule has 4 rings (SSSR count). The van der Waals surface area contributed by atoms with Crippen LogP contribution in [0.5, 0.6) is 5.75 Å². The molecule has 1 amide bonds. The summed E-state index contributed by atoms with van der Waals surface area (Å²) in [5.41, 5.74) is 4.25. The van der Waals surface area contributed by atoms with Gasteiger partial charge in [-0.2, -0.15) is 0 Å². The number of amides is 1. The first-order chi connectivity index (χ1) is 16.4. The molecule has 0 atom stereocenters. The first-order valence-corrected chi connectivity index (χ1v) is 11.3. The van der Waals surface area contributed by atoms with Gasteiger partial charge in [0, 0.05) is 54.1 Å². The number of aromatic nitrogens is 2. The summed E-state index contributed by atoms with van der Waals surface area (Å²) in [5, 5.41) is 0.917. The fourth-order valence-corrected chi connectivity index (χ4v) is 4.01. The molecule has 0 bridgehead atoms. The first kappa shape index (κ1) is 23.4. The highest BCUT2D eigenvalue weighted by Gasteiger charge is 2.20. The molecule has 0 spiro atoms. The van der Waals surface area contributed by atoms with Crippen LogP contribution in [0.25, 0.3) is 33.3 Å². The molecule has 4 aromatic rings. The normalized spacial score (nSPS) is 11.2. The molecule has 1 N–H and O–H groups in total. The maximum absolute atomic E-state index is 14.7. The number of carbonyl (C=O) groups is 1. The van der Waals surface area contributed by atoms with Gasteiger partial charge in [-0.15, -0.1) is 0 Å². The lowest BCUT2D eigenvalue weighted by Gasteiger charge is -2.23. The van der Waals surface area contributed by atoms with Gasteiger partial charge in [0.15, 0.2) is 0 Å². The summed E-state index contributed by atoms with van der Waals surface area (Å²) in [6.07, 6.45) is 3.64. The lowest BCUT2D eigenvalue weighted by Crippen LogP contribution is -2.36. The number of methoxy groups -OCH3 is 1. The first-order valence-electron chi connectivity index (χ1n) is 11.3. The Balaban J connectivity index is 1.73. The third kappa shape index (κ3) is 4.65. The SMILES string of the molecule is CCN(CCN(C)C)C(=O)c1cc(-c2cnc3[nH]cc(-c4ccccc4OC)c3c2)ccc1F. The molecule has 176 valence electrons. The number of pyridine rings is 1. The number of hydrogen-bond donors (Lipinski definition) is 1. The number of hydrogen-bond acceptors (Lipinski definition) is 4. The number of fused-ring (bicyclic) bond motifs is 1. The number of para-hydroxylation sites is 1. The van der Waals surface area contributed by atoms with Gasteiger partial charge >= 0.3 is 0 Å². The summed E-state index contributed by atoms with van der Waals surface area (Å²) in [4.78, 5) is 24.5. The van der Waals surface area contributed by atoms with Crippen molar-refractivity contribution < 1.29 is 13.9 Å². The molecule has 0 radical (unpaired) electrons. The molecule has 0 unspecified atom stereocenters. The Labute approximate surface area is 199 Å². The quantitative estimate of drug-likeness (QED) is 0.399. The number of carbonyl (C=O) groups excluding carboxylic acids is 1. The van der Waals surface area contributed by atoms with E-state index in [1.54, 1.807) is 30.3 Å². The van der Waals surface area contributed by atoms with Crippen molar-refractivity contribution in [2.24, 2.45) is 0 Å². The van der Waals surface area contributed by atoms with E-state index in [9.17, 15) is 9.18 Å². The third-order valence-electron chi connectivity index (χ3n) is 5.94. The van der Waals surface area contributed by atoms with Gasteiger partial charge in [0.1, 0.15) is 17.2 Å². The van der Waals surface area contributed by atoms with E-state index in [4.69, 9.17) is 4.74 Å². The molecule has 7 heteroatoms. The Kier molecular flexibility index (Phi) is 6.93. The van der Waals surface area contributed by atoms with Gasteiger partial charge in [-0.25, -0.2) is 9.37 Å². The number of nitrogens with one attached hydrogen (secondary N) is 1. The molecule has 0 fully saturated rings. The zero-order valence-electron chi connectivity index (χ0n) is 19.9. The number of rotatable bonds is 8. The predicted octanol–water partition coefficient (Wildman–Crippen LogP) is 5.07. The van der Waals surface area contributed by atoms with E-state index in [1.165, 1.54) is 6.07 Å². The summed E-state index contributed by atoms with van der Waals surface area (Å²) < 4.78 is 20.2. The fourth-order valence-electron chi connectivity index (χ4n) is 4.01. The number of aromatic amines is 1. The van der Waals surface area contributed by atoms with Gasteiger partial charge < -0.3 is 19.5 Å². The monoisotopic (exact) mass is 460 g/mol. The van der Waals surface area contributed by atoms with E-state index < -0.39 is 5.82 Å². The Hall–Kier alpha value is -3.71. The van der Waals surface area contributed by atoms with Crippen LogP contribution in [0, 0.1) is 5.82 Å². The van der Waals surface area contributed by atoms with Gasteiger partial charge in [-0.1, -0.05) is 24.3 Å². The molecule has 2 aromatic heterocycles. The summed E-state index contributed by atoms with van der Waals surface area (Å²) in [7, 11) is 5.54. The van der Waals surface area contributed by atoms with Crippen LogP contribution >= 0.6 is 0 Å². The zero-order chi connectivity index (χ0) is 24.2. The molecule has 0 aliphatic carbocycles. The summed E-state index contributed by atoms with van der Waals surface area (Å²) in [6, 6.07) is 14.5. The van der Waals surface area contributed by atoms with E-state index in [2.05, 4.69) is 9.97 Å². The number of benzene rings is 2. The number of H-pyrrole nitrogens is 1. The van der Waals surface area contributed by atoms with Crippen LogP contribution in [0.2, 0.25) is 0 Å². The van der Waals surface area contributed by atoms with Gasteiger partial charge in [-0.3, -0.25) is 4.79 Å². The van der Waals surface area contributed by atoms with Crippen molar-refractivity contribution in [3.63, 3.8) is 0 Å². The second-order valence-corrected chi connectivity index (χ2v) is 8.41. The Morgan fingerprint density at radius 2 is 1.85 bits per heavy atom. The number of likely N-dealkylation sites (N-methyl/N-ethyl adjacent to an activating group) is 2. The van der Waals surface area contributed by atoms with Crippen LogP contribution in [0.15, 0.2) is 60.9 Å². The van der Waals surface area contributed by atoms with Crippen molar-refractivity contribution in [1.82, 2.24) is 19.8 Å². The lowest BCUT2D eigenvalue weighted by molar-refractivity contribution is 0.0749. The number of halogens is 1. The standard InChI is InChI=1S/C27H29FN4O2/c1-5-32(13-12-31(2)3)27(33)22-14-18(10-11-24(22)28)19-15-21-23(17-30-26(21)29-16-19)20-8-6-7-9-25(20)34-4/h6-11,14-17H,5,12-13H2,1-4H3,(H,29,30). The largest absolute Gasteiger partial charge is 0.496 e. The highest BCUT2D eigenvalue weighted by atomic mass is 19.1. The minimum absolute atomic E-state index is 0.0669. The van der Waals surface area contributed by atoms with E-state index in [-0.39, 0.29) is 11.5 Å². The predicted molar refractivity (Wildman–Crippen MR) is 134 cm³/mol. The Morgan fingerprint density at radius 1 is 1.06 bits per heavy atom. The molecular formula is C27H29FN4O2. The van der Waals surface area contributed by atoms with Gasteiger partial charge in [-0.05, 0) is 50.8 Å². The zero-order valence-corrected chi connectivity index (χ0v) is 19.9. The third-order valence-corrected chi connectivity index (χ3v) is 5.94. The van der Waals surface area contributed by atoms with Gasteiger partial charge in [0.2, 0.25) is 0 Å². The Morgan fingerprint density at radius 3 is 2.59 bits per heavy atom. The van der Waals surface area contributed by atoms with Crippen LogP contribution < -0.4 is 4.74 Å². The van der Waals surface area contributed by atoms with Crippen molar-refractivity contribution in [2.45, 2.75) is 6.92 Å². The van der Waals surface area contributed by atoms with Crippen LogP contribution in [0.3, 0.4) is 0 Å². The van der Waals surface area contributed by atoms with E-state index >= 15 is 0 Å². The molecular weight excluding hydrogens is 431 g/mol. The molecule has 0 aliphatic rings. The average molecular weight is 461 g/mol. The van der Waals surface area contributed by atoms with Crippen molar-refractivity contribution in [3.8, 4) is 28.0 Å². The van der Waals surface area contributed by atoms with Crippen molar-refractivity contribution in [1.29, 1.82) is 0 Å². The highest BCUT2D eigenvalue weighted by Crippen LogP contribution is 2.36. The van der Waals surface area contributed by atoms with Crippen LogP contribution in [0.1, 0.15) is 17.3 Å². The van der Waals surface area contributed by atoms with Gasteiger partial charge in [0.25, 0.3) is 5.91 Å². The summed E-state index contributed by atoms with van der Waals surface area (Å²) >= 11 is 0. The second-order valence-electron chi connectivity index (χ2n) is 8.41. The van der Waals surface area contributed by atoms with Crippen molar-refractivity contribution in [2.75, 3.05) is 40.8 Å². The summed E-state index contributed by atoms with van der Waals surface area (Å²) in [5.74, 6) is -0.0719. The second kappa shape index (κ2) is 10.1. The van der Waals surface area contributed by atoms with Crippen LogP contribution in [-0.2, 0) is 0 Å². The molecule has 0 saturated heterocycles. The average Bonchev–Trinajstić information content (AvgIpc) is 3.27. The lowest BCUT2D eigenvalue weighted by atomic mass is 10.00. The van der Waals surface area contributed by atoms with Crippen LogP contribution in [0.4, 0.5) is 4.39 Å². The number of ether oxygens (including phenoxy) is 1. The molecule has 0 aliphatic heterocycles. The Bertz CT molecular complexity index is 1320. The molecule has 34 heavy (non-hydrogen) atoms. The topological polar surface area (TPSA) is 61.5 Å². The maximum atomic E-state index is 14.7. The fraction of sp³-hybridized carbons (Fsp3) is 0.259. The molecule has 2 aromatic carbocycles. The molecule has 0 saturated carbocycles. The van der Waals surface area contributed by atoms with E-state index in [0.717, 1.165) is 39.0 Å². The minimum Gasteiger partial charge on any atom is -0.496 e. The number of nitrogens with zero attached hydrogens (tertiary/aromatic N) is 3. The molecule has 2 heterocycles. The van der Waals surface area contributed by atoms with E-state index in [1.807, 2.05) is 62.4 Å². The smallest absolute Gasteiger partial charge is 0.256 e. The van der Waals surface area contributed by atoms with E-state index in [0.29, 0.717) is 19.6 Å². The van der Waals surface area contributed by atoms with Crippen molar-refractivity contribution in [3.05, 3.63) is 72.3 Å². The highest BCUT2D eigenvalue weighted by molar-refractivity contribution is 5.98. The molecule has 6 nitrogen and oxygen atoms in total. The minimum atomic E-state index is -0.526.